The fraction of sp³-hybridized carbons (Fsp3) is 0.333. The van der Waals surface area contributed by atoms with Crippen molar-refractivity contribution in [2.45, 2.75) is 25.1 Å². The van der Waals surface area contributed by atoms with Gasteiger partial charge in [0.15, 0.2) is 0 Å². The van der Waals surface area contributed by atoms with Crippen LogP contribution in [0.1, 0.15) is 30.0 Å². The zero-order chi connectivity index (χ0) is 13.1. The number of halogens is 4. The minimum atomic E-state index is -4.67. The highest BCUT2D eigenvalue weighted by Crippen LogP contribution is 2.32. The lowest BCUT2D eigenvalue weighted by molar-refractivity contribution is -0.140. The molecule has 0 aliphatic rings. The summed E-state index contributed by atoms with van der Waals surface area (Å²) in [5.41, 5.74) is 4.81. The number of hydrogen-bond donors (Lipinski definition) is 1. The van der Waals surface area contributed by atoms with E-state index in [1.165, 1.54) is 6.07 Å². The van der Waals surface area contributed by atoms with E-state index in [0.29, 0.717) is 18.4 Å². The van der Waals surface area contributed by atoms with Crippen molar-refractivity contribution >= 4 is 0 Å². The van der Waals surface area contributed by atoms with Crippen molar-refractivity contribution in [1.82, 2.24) is 0 Å². The van der Waals surface area contributed by atoms with E-state index in [0.717, 1.165) is 12.1 Å². The lowest BCUT2D eigenvalue weighted by Crippen LogP contribution is -2.13. The van der Waals surface area contributed by atoms with Crippen molar-refractivity contribution in [1.29, 1.82) is 0 Å². The largest absolute Gasteiger partial charge is 0.419 e. The summed E-state index contributed by atoms with van der Waals surface area (Å²) in [4.78, 5) is 0. The summed E-state index contributed by atoms with van der Waals surface area (Å²) in [5, 5.41) is 0. The molecule has 0 aliphatic heterocycles. The Morgan fingerprint density at radius 1 is 1.35 bits per heavy atom. The molecule has 0 saturated heterocycles. The van der Waals surface area contributed by atoms with Crippen molar-refractivity contribution in [2.75, 3.05) is 0 Å². The molecule has 0 aromatic heterocycles. The van der Waals surface area contributed by atoms with Gasteiger partial charge in [0.1, 0.15) is 5.82 Å². The maximum atomic E-state index is 13.2. The number of rotatable bonds is 4. The zero-order valence-electron chi connectivity index (χ0n) is 9.10. The Labute approximate surface area is 96.9 Å². The van der Waals surface area contributed by atoms with E-state index in [-0.39, 0.29) is 0 Å². The predicted molar refractivity (Wildman–Crippen MR) is 57.8 cm³/mol. The van der Waals surface area contributed by atoms with Crippen LogP contribution in [0.2, 0.25) is 0 Å². The Morgan fingerprint density at radius 2 is 2.00 bits per heavy atom. The maximum Gasteiger partial charge on any atom is 0.419 e. The molecule has 0 saturated carbocycles. The molecule has 0 bridgehead atoms. The molecule has 0 fully saturated rings. The van der Waals surface area contributed by atoms with Crippen molar-refractivity contribution < 1.29 is 17.6 Å². The highest BCUT2D eigenvalue weighted by Gasteiger charge is 2.34. The van der Waals surface area contributed by atoms with Crippen molar-refractivity contribution in [3.05, 3.63) is 47.8 Å². The van der Waals surface area contributed by atoms with Gasteiger partial charge in [0.2, 0.25) is 0 Å². The average Bonchev–Trinajstić information content (AvgIpc) is 2.23. The van der Waals surface area contributed by atoms with E-state index in [2.05, 4.69) is 6.58 Å². The van der Waals surface area contributed by atoms with Gasteiger partial charge in [-0.25, -0.2) is 4.39 Å². The first-order chi connectivity index (χ1) is 7.86. The summed E-state index contributed by atoms with van der Waals surface area (Å²) in [5.74, 6) is -1.29. The predicted octanol–water partition coefficient (Wildman–Crippen LogP) is 3.81. The topological polar surface area (TPSA) is 26.0 Å². The monoisotopic (exact) mass is 247 g/mol. The third-order valence-corrected chi connectivity index (χ3v) is 2.41. The van der Waals surface area contributed by atoms with E-state index < -0.39 is 23.6 Å². The SMILES string of the molecule is C=CCC[C@H](N)c1ccc(C(F)(F)F)c(F)c1. The first kappa shape index (κ1) is 13.7. The summed E-state index contributed by atoms with van der Waals surface area (Å²) in [7, 11) is 0. The Bertz CT molecular complexity index is 398. The van der Waals surface area contributed by atoms with Crippen LogP contribution in [-0.4, -0.2) is 0 Å². The summed E-state index contributed by atoms with van der Waals surface area (Å²) in [6.07, 6.45) is -1.87. The molecule has 0 radical (unpaired) electrons. The third kappa shape index (κ3) is 3.56. The molecule has 1 atom stereocenters. The number of alkyl halides is 3. The third-order valence-electron chi connectivity index (χ3n) is 2.41. The van der Waals surface area contributed by atoms with Gasteiger partial charge in [-0.1, -0.05) is 12.1 Å². The molecule has 0 spiro atoms. The van der Waals surface area contributed by atoms with Gasteiger partial charge in [0.25, 0.3) is 0 Å². The number of nitrogens with two attached hydrogens (primary N) is 1. The number of allylic oxidation sites excluding steroid dienone is 1. The first-order valence-electron chi connectivity index (χ1n) is 5.09. The van der Waals surface area contributed by atoms with E-state index in [1.54, 1.807) is 6.08 Å². The van der Waals surface area contributed by atoms with Crippen molar-refractivity contribution in [3.8, 4) is 0 Å². The molecular weight excluding hydrogens is 234 g/mol. The zero-order valence-corrected chi connectivity index (χ0v) is 9.10. The van der Waals surface area contributed by atoms with E-state index in [9.17, 15) is 17.6 Å². The van der Waals surface area contributed by atoms with Gasteiger partial charge in [-0.15, -0.1) is 6.58 Å². The summed E-state index contributed by atoms with van der Waals surface area (Å²) in [6.45, 7) is 3.51. The van der Waals surface area contributed by atoms with Crippen molar-refractivity contribution in [2.24, 2.45) is 5.73 Å². The van der Waals surface area contributed by atoms with Crippen LogP contribution in [0.3, 0.4) is 0 Å². The second kappa shape index (κ2) is 5.31. The quantitative estimate of drug-likeness (QED) is 0.635. The fourth-order valence-electron chi connectivity index (χ4n) is 1.46. The molecular formula is C12H13F4N. The summed E-state index contributed by atoms with van der Waals surface area (Å²) >= 11 is 0. The minimum absolute atomic E-state index is 0.359. The lowest BCUT2D eigenvalue weighted by atomic mass is 10.0. The molecule has 1 aromatic carbocycles. The Kier molecular flexibility index (Phi) is 4.28. The number of benzene rings is 1. The molecule has 0 heterocycles. The lowest BCUT2D eigenvalue weighted by Gasteiger charge is -2.13. The van der Waals surface area contributed by atoms with Gasteiger partial charge in [0.05, 0.1) is 5.56 Å². The molecule has 0 amide bonds. The van der Waals surface area contributed by atoms with Crippen LogP contribution in [0, 0.1) is 5.82 Å². The van der Waals surface area contributed by atoms with Gasteiger partial charge in [-0.05, 0) is 30.5 Å². The fourth-order valence-corrected chi connectivity index (χ4v) is 1.46. The van der Waals surface area contributed by atoms with Crippen LogP contribution >= 0.6 is 0 Å². The minimum Gasteiger partial charge on any atom is -0.324 e. The highest BCUT2D eigenvalue weighted by atomic mass is 19.4. The molecule has 1 nitrogen and oxygen atoms in total. The Balaban J connectivity index is 2.92. The van der Waals surface area contributed by atoms with E-state index in [1.807, 2.05) is 0 Å². The molecule has 17 heavy (non-hydrogen) atoms. The van der Waals surface area contributed by atoms with Gasteiger partial charge >= 0.3 is 6.18 Å². The molecule has 5 heteroatoms. The molecule has 1 aromatic rings. The molecule has 1 rings (SSSR count). The van der Waals surface area contributed by atoms with Gasteiger partial charge in [-0.3, -0.25) is 0 Å². The second-order valence-electron chi connectivity index (χ2n) is 3.71. The van der Waals surface area contributed by atoms with Gasteiger partial charge < -0.3 is 5.73 Å². The standard InChI is InChI=1S/C12H13F4N/c1-2-3-4-11(17)8-5-6-9(10(13)7-8)12(14,15)16/h2,5-7,11H,1,3-4,17H2/t11-/m0/s1. The molecule has 0 unspecified atom stereocenters. The van der Waals surface area contributed by atoms with Crippen molar-refractivity contribution in [3.63, 3.8) is 0 Å². The second-order valence-corrected chi connectivity index (χ2v) is 3.71. The van der Waals surface area contributed by atoms with E-state index >= 15 is 0 Å². The van der Waals surface area contributed by atoms with E-state index in [4.69, 9.17) is 5.73 Å². The van der Waals surface area contributed by atoms with Crippen LogP contribution < -0.4 is 5.73 Å². The Morgan fingerprint density at radius 3 is 2.47 bits per heavy atom. The molecule has 2 N–H and O–H groups in total. The summed E-state index contributed by atoms with van der Waals surface area (Å²) in [6, 6.07) is 2.29. The maximum absolute atomic E-state index is 13.2. The van der Waals surface area contributed by atoms with Gasteiger partial charge in [-0.2, -0.15) is 13.2 Å². The van der Waals surface area contributed by atoms with Crippen LogP contribution in [0.4, 0.5) is 17.6 Å². The van der Waals surface area contributed by atoms with Crippen LogP contribution in [0.5, 0.6) is 0 Å². The highest BCUT2D eigenvalue weighted by molar-refractivity contribution is 5.28. The van der Waals surface area contributed by atoms with Crippen LogP contribution in [-0.2, 0) is 6.18 Å². The molecule has 94 valence electrons. The average molecular weight is 247 g/mol. The van der Waals surface area contributed by atoms with Crippen LogP contribution in [0.25, 0.3) is 0 Å². The van der Waals surface area contributed by atoms with Crippen LogP contribution in [0.15, 0.2) is 30.9 Å². The Hall–Kier alpha value is -1.36. The first-order valence-corrected chi connectivity index (χ1v) is 5.09. The number of hydrogen-bond acceptors (Lipinski definition) is 1. The molecule has 0 aliphatic carbocycles. The normalized spacial score (nSPS) is 13.5. The summed E-state index contributed by atoms with van der Waals surface area (Å²) < 4.78 is 50.1. The smallest absolute Gasteiger partial charge is 0.324 e. The van der Waals surface area contributed by atoms with Gasteiger partial charge in [0, 0.05) is 6.04 Å².